The quantitative estimate of drug-likeness (QED) is 0.602. The minimum Gasteiger partial charge on any atom is -0.458 e. The van der Waals surface area contributed by atoms with Gasteiger partial charge in [-0.25, -0.2) is 4.79 Å². The molecule has 2 nitrogen and oxygen atoms in total. The highest BCUT2D eigenvalue weighted by Crippen LogP contribution is 2.15. The summed E-state index contributed by atoms with van der Waals surface area (Å²) in [5.74, 6) is -0.114. The molecule has 0 fully saturated rings. The summed E-state index contributed by atoms with van der Waals surface area (Å²) in [7, 11) is 0. The zero-order chi connectivity index (χ0) is 14.2. The van der Waals surface area contributed by atoms with E-state index in [2.05, 4.69) is 6.92 Å². The van der Waals surface area contributed by atoms with E-state index >= 15 is 0 Å². The molecule has 0 amide bonds. The fraction of sp³-hybridized carbons (Fsp3) is 0.167. The Morgan fingerprint density at radius 3 is 2.30 bits per heavy atom. The van der Waals surface area contributed by atoms with Crippen LogP contribution in [0.1, 0.15) is 24.0 Å². The second-order valence-electron chi connectivity index (χ2n) is 4.65. The minimum atomic E-state index is -0.309. The van der Waals surface area contributed by atoms with Crippen LogP contribution in [0, 0.1) is 0 Å². The highest BCUT2D eigenvalue weighted by molar-refractivity contribution is 5.82. The van der Waals surface area contributed by atoms with Crippen molar-refractivity contribution in [2.24, 2.45) is 0 Å². The van der Waals surface area contributed by atoms with Gasteiger partial charge in [-0.1, -0.05) is 73.7 Å². The van der Waals surface area contributed by atoms with Gasteiger partial charge in [0.15, 0.2) is 0 Å². The monoisotopic (exact) mass is 266 g/mol. The van der Waals surface area contributed by atoms with Crippen molar-refractivity contribution in [2.75, 3.05) is 0 Å². The van der Waals surface area contributed by atoms with E-state index in [0.717, 1.165) is 5.56 Å². The number of rotatable bonds is 5. The molecule has 0 bridgehead atoms. The number of ether oxygens (including phenoxy) is 1. The van der Waals surface area contributed by atoms with E-state index < -0.39 is 0 Å². The van der Waals surface area contributed by atoms with Crippen LogP contribution in [0.15, 0.2) is 72.8 Å². The lowest BCUT2D eigenvalue weighted by Gasteiger charge is -2.06. The number of carbonyl (C=O) groups excluding carboxylic acids is 1. The van der Waals surface area contributed by atoms with Crippen LogP contribution in [-0.4, -0.2) is 5.97 Å². The molecule has 2 aromatic rings. The fourth-order valence-corrected chi connectivity index (χ4v) is 1.87. The van der Waals surface area contributed by atoms with Gasteiger partial charge in [-0.15, -0.1) is 0 Å². The lowest BCUT2D eigenvalue weighted by molar-refractivity contribution is -0.139. The van der Waals surface area contributed by atoms with Crippen LogP contribution >= 0.6 is 0 Å². The van der Waals surface area contributed by atoms with Gasteiger partial charge in [0, 0.05) is 6.08 Å². The molecule has 0 spiro atoms. The first-order chi connectivity index (χ1) is 9.75. The zero-order valence-corrected chi connectivity index (χ0v) is 11.5. The largest absolute Gasteiger partial charge is 0.458 e. The number of hydrogen-bond acceptors (Lipinski definition) is 2. The van der Waals surface area contributed by atoms with Crippen LogP contribution in [-0.2, 0) is 16.1 Å². The van der Waals surface area contributed by atoms with Crippen LogP contribution in [0.25, 0.3) is 0 Å². The summed E-state index contributed by atoms with van der Waals surface area (Å²) in [5, 5.41) is 0. The average Bonchev–Trinajstić information content (AvgIpc) is 2.52. The van der Waals surface area contributed by atoms with Crippen LogP contribution in [0.5, 0.6) is 0 Å². The first kappa shape index (κ1) is 14.1. The number of benzene rings is 2. The Kier molecular flexibility index (Phi) is 5.13. The summed E-state index contributed by atoms with van der Waals surface area (Å²) < 4.78 is 5.19. The average molecular weight is 266 g/mol. The second-order valence-corrected chi connectivity index (χ2v) is 4.65. The maximum absolute atomic E-state index is 11.6. The molecule has 0 aliphatic carbocycles. The van der Waals surface area contributed by atoms with Gasteiger partial charge < -0.3 is 4.74 Å². The van der Waals surface area contributed by atoms with Gasteiger partial charge in [0.2, 0.25) is 0 Å². The predicted molar refractivity (Wildman–Crippen MR) is 80.2 cm³/mol. The van der Waals surface area contributed by atoms with Crippen LogP contribution in [0.3, 0.4) is 0 Å². The Balaban J connectivity index is 1.84. The van der Waals surface area contributed by atoms with Crippen molar-refractivity contribution in [1.82, 2.24) is 0 Å². The molecule has 2 rings (SSSR count). The van der Waals surface area contributed by atoms with Gasteiger partial charge in [0.25, 0.3) is 0 Å². The maximum Gasteiger partial charge on any atom is 0.330 e. The van der Waals surface area contributed by atoms with Crippen LogP contribution < -0.4 is 0 Å². The summed E-state index contributed by atoms with van der Waals surface area (Å²) >= 11 is 0. The molecular formula is C18H18O2. The second kappa shape index (κ2) is 7.29. The molecule has 2 aromatic carbocycles. The van der Waals surface area contributed by atoms with Crippen molar-refractivity contribution >= 4 is 5.97 Å². The lowest BCUT2D eigenvalue weighted by Crippen LogP contribution is -2.01. The molecule has 0 saturated carbocycles. The van der Waals surface area contributed by atoms with E-state index in [-0.39, 0.29) is 11.9 Å². The molecule has 0 heterocycles. The van der Waals surface area contributed by atoms with Crippen molar-refractivity contribution in [2.45, 2.75) is 19.4 Å². The number of carbonyl (C=O) groups is 1. The molecule has 0 radical (unpaired) electrons. The summed E-state index contributed by atoms with van der Waals surface area (Å²) in [4.78, 5) is 11.6. The van der Waals surface area contributed by atoms with Gasteiger partial charge in [0.1, 0.15) is 6.61 Å². The van der Waals surface area contributed by atoms with E-state index in [1.807, 2.05) is 66.7 Å². The van der Waals surface area contributed by atoms with Crippen LogP contribution in [0.2, 0.25) is 0 Å². The Labute approximate surface area is 119 Å². The van der Waals surface area contributed by atoms with Gasteiger partial charge in [-0.05, 0) is 17.0 Å². The SMILES string of the molecule is CC(/C=C\C(=O)OCc1ccccc1)c1ccccc1. The topological polar surface area (TPSA) is 26.3 Å². The number of allylic oxidation sites excluding steroid dienone is 1. The molecule has 20 heavy (non-hydrogen) atoms. The molecule has 0 N–H and O–H groups in total. The maximum atomic E-state index is 11.6. The first-order valence-corrected chi connectivity index (χ1v) is 6.69. The first-order valence-electron chi connectivity index (χ1n) is 6.69. The lowest BCUT2D eigenvalue weighted by atomic mass is 10.0. The molecule has 2 heteroatoms. The summed E-state index contributed by atoms with van der Waals surface area (Å²) in [6.45, 7) is 2.36. The van der Waals surface area contributed by atoms with Crippen molar-refractivity contribution in [1.29, 1.82) is 0 Å². The van der Waals surface area contributed by atoms with Crippen LogP contribution in [0.4, 0.5) is 0 Å². The molecule has 0 aromatic heterocycles. The van der Waals surface area contributed by atoms with Gasteiger partial charge in [0.05, 0.1) is 0 Å². The van der Waals surface area contributed by atoms with E-state index in [9.17, 15) is 4.79 Å². The molecule has 0 aliphatic rings. The molecule has 0 saturated heterocycles. The number of esters is 1. The highest BCUT2D eigenvalue weighted by atomic mass is 16.5. The van der Waals surface area contributed by atoms with E-state index in [4.69, 9.17) is 4.74 Å². The van der Waals surface area contributed by atoms with Gasteiger partial charge in [-0.3, -0.25) is 0 Å². The minimum absolute atomic E-state index is 0.195. The Bertz CT molecular complexity index is 558. The van der Waals surface area contributed by atoms with E-state index in [0.29, 0.717) is 6.61 Å². The third-order valence-electron chi connectivity index (χ3n) is 3.07. The summed E-state index contributed by atoms with van der Waals surface area (Å²) in [6, 6.07) is 19.7. The predicted octanol–water partition coefficient (Wildman–Crippen LogP) is 4.09. The smallest absolute Gasteiger partial charge is 0.330 e. The highest BCUT2D eigenvalue weighted by Gasteiger charge is 2.02. The Morgan fingerprint density at radius 2 is 1.65 bits per heavy atom. The number of hydrogen-bond donors (Lipinski definition) is 0. The van der Waals surface area contributed by atoms with Gasteiger partial charge in [-0.2, -0.15) is 0 Å². The molecular weight excluding hydrogens is 248 g/mol. The molecule has 1 unspecified atom stereocenters. The van der Waals surface area contributed by atoms with E-state index in [1.165, 1.54) is 11.6 Å². The molecule has 0 aliphatic heterocycles. The molecule has 102 valence electrons. The normalized spacial score (nSPS) is 12.2. The zero-order valence-electron chi connectivity index (χ0n) is 11.5. The Hall–Kier alpha value is -2.35. The van der Waals surface area contributed by atoms with Crippen molar-refractivity contribution in [3.8, 4) is 0 Å². The summed E-state index contributed by atoms with van der Waals surface area (Å²) in [6.07, 6.45) is 3.36. The van der Waals surface area contributed by atoms with Gasteiger partial charge >= 0.3 is 5.97 Å². The summed E-state index contributed by atoms with van der Waals surface area (Å²) in [5.41, 5.74) is 2.17. The third kappa shape index (κ3) is 4.39. The standard InChI is InChI=1S/C18H18O2/c1-15(17-10-6-3-7-11-17)12-13-18(19)20-14-16-8-4-2-5-9-16/h2-13,15H,14H2,1H3/b13-12-. The van der Waals surface area contributed by atoms with Crippen molar-refractivity contribution in [3.05, 3.63) is 83.9 Å². The van der Waals surface area contributed by atoms with Crippen molar-refractivity contribution < 1.29 is 9.53 Å². The van der Waals surface area contributed by atoms with Crippen molar-refractivity contribution in [3.63, 3.8) is 0 Å². The molecule has 1 atom stereocenters. The Morgan fingerprint density at radius 1 is 1.05 bits per heavy atom. The fourth-order valence-electron chi connectivity index (χ4n) is 1.87. The van der Waals surface area contributed by atoms with E-state index in [1.54, 1.807) is 0 Å². The third-order valence-corrected chi connectivity index (χ3v) is 3.07.